The minimum absolute atomic E-state index is 0.184. The summed E-state index contributed by atoms with van der Waals surface area (Å²) in [5.74, 6) is 0.878. The van der Waals surface area contributed by atoms with Crippen molar-refractivity contribution in [1.29, 1.82) is 0 Å². The van der Waals surface area contributed by atoms with Gasteiger partial charge in [0.05, 0.1) is 7.11 Å². The number of hydrogen-bond donors (Lipinski definition) is 1. The van der Waals surface area contributed by atoms with Gasteiger partial charge in [-0.05, 0) is 37.1 Å². The fourth-order valence-electron chi connectivity index (χ4n) is 1.56. The van der Waals surface area contributed by atoms with Crippen molar-refractivity contribution in [1.82, 2.24) is 0 Å². The van der Waals surface area contributed by atoms with Gasteiger partial charge in [-0.2, -0.15) is 0 Å². The van der Waals surface area contributed by atoms with E-state index in [4.69, 9.17) is 9.47 Å². The Morgan fingerprint density at radius 2 is 2.14 bits per heavy atom. The van der Waals surface area contributed by atoms with Crippen molar-refractivity contribution in [3.8, 4) is 5.75 Å². The molecule has 2 rings (SSSR count). The van der Waals surface area contributed by atoms with Gasteiger partial charge in [0, 0.05) is 12.3 Å². The van der Waals surface area contributed by atoms with Gasteiger partial charge in [0.2, 0.25) is 0 Å². The second kappa shape index (κ2) is 4.33. The summed E-state index contributed by atoms with van der Waals surface area (Å²) in [5, 5.41) is 3.31. The molecule has 3 nitrogen and oxygen atoms in total. The highest BCUT2D eigenvalue weighted by atomic mass is 16.5. The van der Waals surface area contributed by atoms with Crippen LogP contribution < -0.4 is 10.1 Å². The summed E-state index contributed by atoms with van der Waals surface area (Å²) in [7, 11) is 1.67. The maximum absolute atomic E-state index is 5.47. The topological polar surface area (TPSA) is 30.5 Å². The number of nitrogens with one attached hydrogen (secondary N) is 1. The second-order valence-electron chi connectivity index (χ2n) is 3.37. The molecule has 76 valence electrons. The Morgan fingerprint density at radius 3 is 2.71 bits per heavy atom. The van der Waals surface area contributed by atoms with Gasteiger partial charge < -0.3 is 14.8 Å². The fourth-order valence-corrected chi connectivity index (χ4v) is 1.56. The lowest BCUT2D eigenvalue weighted by Gasteiger charge is -2.13. The number of anilines is 1. The lowest BCUT2D eigenvalue weighted by Crippen LogP contribution is -2.16. The van der Waals surface area contributed by atoms with Gasteiger partial charge in [0.15, 0.2) is 0 Å². The Labute approximate surface area is 84.0 Å². The molecular weight excluding hydrogens is 178 g/mol. The molecule has 1 atom stereocenters. The largest absolute Gasteiger partial charge is 0.497 e. The summed E-state index contributed by atoms with van der Waals surface area (Å²) in [5.41, 5.74) is 1.08. The summed E-state index contributed by atoms with van der Waals surface area (Å²) < 4.78 is 10.6. The van der Waals surface area contributed by atoms with E-state index in [9.17, 15) is 0 Å². The smallest absolute Gasteiger partial charge is 0.127 e. The Bertz CT molecular complexity index is 278. The molecule has 1 aliphatic rings. The number of benzene rings is 1. The summed E-state index contributed by atoms with van der Waals surface area (Å²) in [6, 6.07) is 7.88. The molecule has 0 spiro atoms. The monoisotopic (exact) mass is 193 g/mol. The third-order valence-corrected chi connectivity index (χ3v) is 2.35. The van der Waals surface area contributed by atoms with Crippen LogP contribution in [0.1, 0.15) is 12.8 Å². The highest BCUT2D eigenvalue weighted by Crippen LogP contribution is 2.19. The van der Waals surface area contributed by atoms with E-state index in [0.29, 0.717) is 0 Å². The molecule has 14 heavy (non-hydrogen) atoms. The van der Waals surface area contributed by atoms with Crippen LogP contribution in [0.3, 0.4) is 0 Å². The van der Waals surface area contributed by atoms with E-state index < -0.39 is 0 Å². The Balaban J connectivity index is 1.95. The van der Waals surface area contributed by atoms with Crippen molar-refractivity contribution in [2.75, 3.05) is 19.0 Å². The molecule has 0 aromatic heterocycles. The van der Waals surface area contributed by atoms with Gasteiger partial charge in [-0.1, -0.05) is 0 Å². The van der Waals surface area contributed by atoms with Crippen molar-refractivity contribution in [2.24, 2.45) is 0 Å². The number of rotatable bonds is 3. The number of ether oxygens (including phenoxy) is 2. The third-order valence-electron chi connectivity index (χ3n) is 2.35. The van der Waals surface area contributed by atoms with E-state index in [1.165, 1.54) is 0 Å². The SMILES string of the molecule is COc1ccc(NC2CCCO2)cc1. The first-order valence-corrected chi connectivity index (χ1v) is 4.91. The van der Waals surface area contributed by atoms with E-state index in [-0.39, 0.29) is 6.23 Å². The van der Waals surface area contributed by atoms with E-state index in [0.717, 1.165) is 30.9 Å². The van der Waals surface area contributed by atoms with Crippen LogP contribution in [0.2, 0.25) is 0 Å². The summed E-state index contributed by atoms with van der Waals surface area (Å²) >= 11 is 0. The molecule has 0 radical (unpaired) electrons. The van der Waals surface area contributed by atoms with Crippen LogP contribution in [0.15, 0.2) is 24.3 Å². The van der Waals surface area contributed by atoms with Gasteiger partial charge in [0.25, 0.3) is 0 Å². The molecular formula is C11H15NO2. The maximum Gasteiger partial charge on any atom is 0.127 e. The predicted octanol–water partition coefficient (Wildman–Crippen LogP) is 2.24. The first-order chi connectivity index (χ1) is 6.88. The lowest BCUT2D eigenvalue weighted by molar-refractivity contribution is 0.132. The predicted molar refractivity (Wildman–Crippen MR) is 55.6 cm³/mol. The van der Waals surface area contributed by atoms with Crippen LogP contribution in [-0.4, -0.2) is 19.9 Å². The van der Waals surface area contributed by atoms with Gasteiger partial charge >= 0.3 is 0 Å². The molecule has 1 saturated heterocycles. The van der Waals surface area contributed by atoms with E-state index in [1.807, 2.05) is 24.3 Å². The molecule has 1 heterocycles. The zero-order chi connectivity index (χ0) is 9.80. The zero-order valence-electron chi connectivity index (χ0n) is 8.32. The number of hydrogen-bond acceptors (Lipinski definition) is 3. The Morgan fingerprint density at radius 1 is 1.36 bits per heavy atom. The molecule has 3 heteroatoms. The highest BCUT2D eigenvalue weighted by Gasteiger charge is 2.14. The van der Waals surface area contributed by atoms with Crippen molar-refractivity contribution in [3.05, 3.63) is 24.3 Å². The molecule has 0 saturated carbocycles. The molecule has 1 aliphatic heterocycles. The zero-order valence-corrected chi connectivity index (χ0v) is 8.32. The van der Waals surface area contributed by atoms with E-state index >= 15 is 0 Å². The second-order valence-corrected chi connectivity index (χ2v) is 3.37. The molecule has 1 fully saturated rings. The minimum atomic E-state index is 0.184. The van der Waals surface area contributed by atoms with Crippen molar-refractivity contribution in [2.45, 2.75) is 19.1 Å². The van der Waals surface area contributed by atoms with Crippen LogP contribution >= 0.6 is 0 Å². The van der Waals surface area contributed by atoms with Gasteiger partial charge in [0.1, 0.15) is 12.0 Å². The lowest BCUT2D eigenvalue weighted by atomic mass is 10.3. The van der Waals surface area contributed by atoms with Crippen LogP contribution in [0.5, 0.6) is 5.75 Å². The number of methoxy groups -OCH3 is 1. The van der Waals surface area contributed by atoms with Crippen molar-refractivity contribution < 1.29 is 9.47 Å². The van der Waals surface area contributed by atoms with Gasteiger partial charge in [-0.3, -0.25) is 0 Å². The molecule has 0 amide bonds. The molecule has 1 aromatic carbocycles. The normalized spacial score (nSPS) is 20.8. The average molecular weight is 193 g/mol. The van der Waals surface area contributed by atoms with Gasteiger partial charge in [-0.25, -0.2) is 0 Å². The minimum Gasteiger partial charge on any atom is -0.497 e. The first-order valence-electron chi connectivity index (χ1n) is 4.91. The third kappa shape index (κ3) is 2.17. The van der Waals surface area contributed by atoms with Crippen molar-refractivity contribution in [3.63, 3.8) is 0 Å². The standard InChI is InChI=1S/C11H15NO2/c1-13-10-6-4-9(5-7-10)12-11-3-2-8-14-11/h4-7,11-12H,2-3,8H2,1H3. The van der Waals surface area contributed by atoms with E-state index in [2.05, 4.69) is 5.32 Å². The summed E-state index contributed by atoms with van der Waals surface area (Å²) in [6.07, 6.45) is 2.42. The van der Waals surface area contributed by atoms with Crippen LogP contribution in [0, 0.1) is 0 Å². The quantitative estimate of drug-likeness (QED) is 0.798. The average Bonchev–Trinajstić information content (AvgIpc) is 2.72. The van der Waals surface area contributed by atoms with Crippen LogP contribution in [0.4, 0.5) is 5.69 Å². The van der Waals surface area contributed by atoms with Crippen LogP contribution in [-0.2, 0) is 4.74 Å². The van der Waals surface area contributed by atoms with Crippen LogP contribution in [0.25, 0.3) is 0 Å². The highest BCUT2D eigenvalue weighted by molar-refractivity contribution is 5.46. The van der Waals surface area contributed by atoms with Gasteiger partial charge in [-0.15, -0.1) is 0 Å². The molecule has 0 bridgehead atoms. The fraction of sp³-hybridized carbons (Fsp3) is 0.455. The molecule has 1 aromatic rings. The maximum atomic E-state index is 5.47. The Hall–Kier alpha value is -1.22. The first kappa shape index (κ1) is 9.34. The summed E-state index contributed by atoms with van der Waals surface area (Å²) in [6.45, 7) is 0.869. The van der Waals surface area contributed by atoms with E-state index in [1.54, 1.807) is 7.11 Å². The summed E-state index contributed by atoms with van der Waals surface area (Å²) in [4.78, 5) is 0. The molecule has 0 aliphatic carbocycles. The molecule has 1 unspecified atom stereocenters. The Kier molecular flexibility index (Phi) is 2.89. The van der Waals surface area contributed by atoms with Crippen molar-refractivity contribution >= 4 is 5.69 Å². The molecule has 1 N–H and O–H groups in total.